The van der Waals surface area contributed by atoms with E-state index in [1.807, 2.05) is 224 Å². The lowest BCUT2D eigenvalue weighted by Gasteiger charge is -2.14. The highest BCUT2D eigenvalue weighted by atomic mass is 16.3. The molecule has 132 heavy (non-hydrogen) atoms. The zero-order chi connectivity index (χ0) is 87.1. The molecule has 18 aromatic carbocycles. The van der Waals surface area contributed by atoms with Gasteiger partial charge in [-0.3, -0.25) is 0 Å². The fourth-order valence-corrected chi connectivity index (χ4v) is 18.6. The molecule has 27 rings (SSSR count). The molecule has 0 amide bonds. The monoisotopic (exact) mass is 1690 g/mol. The molecule has 0 atom stereocenters. The number of para-hydroxylation sites is 7. The second kappa shape index (κ2) is 32.0. The largest absolute Gasteiger partial charge is 0.456 e. The van der Waals surface area contributed by atoms with Crippen LogP contribution in [0.1, 0.15) is 0 Å². The third kappa shape index (κ3) is 13.5. The Kier molecular flexibility index (Phi) is 18.5. The third-order valence-corrected chi connectivity index (χ3v) is 24.7. The number of hydrogen-bond donors (Lipinski definition) is 0. The van der Waals surface area contributed by atoms with Gasteiger partial charge < -0.3 is 27.0 Å². The zero-order valence-electron chi connectivity index (χ0n) is 70.7. The topological polar surface area (TPSA) is 170 Å². The molecule has 0 aliphatic heterocycles. The maximum absolute atomic E-state index is 6.35. The smallest absolute Gasteiger partial charge is 0.166 e. The molecule has 0 spiro atoms. The first-order valence-electron chi connectivity index (χ1n) is 43.9. The second-order valence-electron chi connectivity index (χ2n) is 32.7. The summed E-state index contributed by atoms with van der Waals surface area (Å²) in [5.74, 6) is 5.73. The van der Waals surface area contributed by atoms with E-state index in [9.17, 15) is 0 Å². The Morgan fingerprint density at radius 3 is 0.773 bits per heavy atom. The van der Waals surface area contributed by atoms with Crippen LogP contribution in [-0.4, -0.2) is 58.6 Å². The molecule has 0 N–H and O–H groups in total. The summed E-state index contributed by atoms with van der Waals surface area (Å²) in [5, 5.41) is 13.9. The minimum Gasteiger partial charge on any atom is -0.456 e. The molecule has 618 valence electrons. The van der Waals surface area contributed by atoms with Crippen molar-refractivity contribution in [2.24, 2.45) is 0 Å². The van der Waals surface area contributed by atoms with Gasteiger partial charge in [-0.15, -0.1) is 0 Å². The predicted octanol–water partition coefficient (Wildman–Crippen LogP) is 29.6. The van der Waals surface area contributed by atoms with Crippen molar-refractivity contribution < 1.29 is 13.3 Å². The van der Waals surface area contributed by atoms with Crippen LogP contribution < -0.4 is 0 Å². The quantitative estimate of drug-likeness (QED) is 0.114. The second-order valence-corrected chi connectivity index (χ2v) is 32.7. The van der Waals surface area contributed by atoms with E-state index in [1.165, 1.54) is 32.3 Å². The Balaban J connectivity index is 0.000000106. The SMILES string of the molecule is c1ccc(-c2nc(-c3ccccc3)nc(-c3ccc(-n4c5ccccc5c5cc6c(cc54)oc4ccccc46)cc3)n2)cc1.c1ccc(-c2nc(-c3ccccc3)nc(-c3cccc(-n4c5ccccc5c5cc6c(cc54)oc4ccccc46)c3)n2)cc1.c1ccc(-c2nc(-c3ccccc3)nc(-c3ccccc3-n3c4ccccc4c4cc5c(cc43)oc3ccccc35)n2)cc1. The molecular weight excluding hydrogens is 1620 g/mol. The summed E-state index contributed by atoms with van der Waals surface area (Å²) in [4.78, 5) is 44.4. The summed E-state index contributed by atoms with van der Waals surface area (Å²) in [7, 11) is 0. The predicted molar refractivity (Wildman–Crippen MR) is 533 cm³/mol. The first-order chi connectivity index (χ1) is 65.4. The standard InChI is InChI=1S/3C39H24N4O/c1-3-13-25(14-4-1)37-40-38(26-15-5-2-6-16-26)42-39(41-37)29-19-8-11-21-33(29)43-32-20-10-7-17-27(32)30-23-31-28-18-9-12-22-35(28)44-36(31)24-34(30)43;1-3-12-25(13-4-1)37-40-38(26-14-5-2-6-15-26)42-39(41-37)27-16-11-17-28(22-27)43-33-20-9-7-18-29(33)31-23-32-30-19-8-10-21-35(30)44-36(32)24-34(31)43;1-3-11-25(12-4-1)37-40-38(26-13-5-2-6-14-26)42-39(41-37)27-19-21-28(22-20-27)43-33-17-9-7-15-29(33)31-23-32-30-16-8-10-18-35(30)44-36(32)24-34(31)43/h3*1-24H. The minimum atomic E-state index is 0.615. The molecule has 0 saturated carbocycles. The van der Waals surface area contributed by atoms with Crippen LogP contribution in [0.2, 0.25) is 0 Å². The normalized spacial score (nSPS) is 11.6. The Morgan fingerprint density at radius 2 is 0.409 bits per heavy atom. The highest BCUT2D eigenvalue weighted by molar-refractivity contribution is 6.21. The highest BCUT2D eigenvalue weighted by Gasteiger charge is 2.25. The van der Waals surface area contributed by atoms with Crippen LogP contribution in [0.25, 0.3) is 251 Å². The molecule has 0 saturated heterocycles. The van der Waals surface area contributed by atoms with Gasteiger partial charge in [0, 0.05) is 144 Å². The van der Waals surface area contributed by atoms with Gasteiger partial charge in [-0.25, -0.2) is 44.9 Å². The van der Waals surface area contributed by atoms with Gasteiger partial charge in [0.05, 0.1) is 38.8 Å². The van der Waals surface area contributed by atoms with Crippen LogP contribution in [0.15, 0.2) is 450 Å². The number of hydrogen-bond acceptors (Lipinski definition) is 12. The number of nitrogens with zero attached hydrogens (tertiary/aromatic N) is 12. The van der Waals surface area contributed by atoms with Crippen molar-refractivity contribution in [2.75, 3.05) is 0 Å². The summed E-state index contributed by atoms with van der Waals surface area (Å²) in [6.07, 6.45) is 0. The number of fused-ring (bicyclic) bond motifs is 18. The van der Waals surface area contributed by atoms with Crippen molar-refractivity contribution in [3.05, 3.63) is 437 Å². The molecule has 0 radical (unpaired) electrons. The number of aromatic nitrogens is 12. The van der Waals surface area contributed by atoms with Gasteiger partial charge in [0.15, 0.2) is 52.4 Å². The molecule has 0 aliphatic carbocycles. The van der Waals surface area contributed by atoms with Crippen LogP contribution >= 0.6 is 0 Å². The lowest BCUT2D eigenvalue weighted by Crippen LogP contribution is -2.03. The summed E-state index contributed by atoms with van der Waals surface area (Å²) in [6, 6.07) is 149. The van der Waals surface area contributed by atoms with Crippen molar-refractivity contribution in [1.82, 2.24) is 58.6 Å². The average Bonchev–Trinajstić information content (AvgIpc) is 1.60. The van der Waals surface area contributed by atoms with Crippen LogP contribution in [-0.2, 0) is 0 Å². The van der Waals surface area contributed by atoms with Gasteiger partial charge in [0.25, 0.3) is 0 Å². The summed E-state index contributed by atoms with van der Waals surface area (Å²) in [6.45, 7) is 0. The number of benzene rings is 18. The van der Waals surface area contributed by atoms with Gasteiger partial charge in [0.1, 0.15) is 33.5 Å². The summed E-state index contributed by atoms with van der Waals surface area (Å²) in [5.41, 5.74) is 23.4. The van der Waals surface area contributed by atoms with E-state index in [2.05, 4.69) is 226 Å². The van der Waals surface area contributed by atoms with E-state index in [4.69, 9.17) is 58.1 Å². The van der Waals surface area contributed by atoms with Crippen molar-refractivity contribution in [3.8, 4) is 120 Å². The van der Waals surface area contributed by atoms with Crippen molar-refractivity contribution in [1.29, 1.82) is 0 Å². The molecule has 0 bridgehead atoms. The van der Waals surface area contributed by atoms with Crippen LogP contribution in [0.5, 0.6) is 0 Å². The Morgan fingerprint density at radius 1 is 0.144 bits per heavy atom. The maximum Gasteiger partial charge on any atom is 0.166 e. The van der Waals surface area contributed by atoms with Crippen molar-refractivity contribution in [3.63, 3.8) is 0 Å². The average molecular weight is 1690 g/mol. The lowest BCUT2D eigenvalue weighted by atomic mass is 10.1. The molecule has 0 fully saturated rings. The number of rotatable bonds is 12. The van der Waals surface area contributed by atoms with Gasteiger partial charge in [-0.1, -0.05) is 315 Å². The Labute approximate surface area is 754 Å². The van der Waals surface area contributed by atoms with Crippen molar-refractivity contribution >= 4 is 131 Å². The van der Waals surface area contributed by atoms with E-state index in [-0.39, 0.29) is 0 Å². The number of furan rings is 3. The molecule has 15 nitrogen and oxygen atoms in total. The van der Waals surface area contributed by atoms with E-state index in [1.54, 1.807) is 0 Å². The van der Waals surface area contributed by atoms with Gasteiger partial charge in [0.2, 0.25) is 0 Å². The van der Waals surface area contributed by atoms with Gasteiger partial charge >= 0.3 is 0 Å². The molecule has 9 heterocycles. The van der Waals surface area contributed by atoms with E-state index in [0.29, 0.717) is 52.4 Å². The minimum absolute atomic E-state index is 0.615. The maximum atomic E-state index is 6.35. The molecule has 27 aromatic rings. The Bertz CT molecular complexity index is 8980. The third-order valence-electron chi connectivity index (χ3n) is 24.7. The molecular formula is C117H72N12O3. The zero-order valence-corrected chi connectivity index (χ0v) is 70.7. The fraction of sp³-hybridized carbons (Fsp3) is 0. The van der Waals surface area contributed by atoms with Gasteiger partial charge in [-0.2, -0.15) is 0 Å². The van der Waals surface area contributed by atoms with Crippen LogP contribution in [0.3, 0.4) is 0 Å². The van der Waals surface area contributed by atoms with E-state index >= 15 is 0 Å². The van der Waals surface area contributed by atoms with E-state index < -0.39 is 0 Å². The lowest BCUT2D eigenvalue weighted by molar-refractivity contribution is 0.669. The highest BCUT2D eigenvalue weighted by Crippen LogP contribution is 2.45. The molecule has 0 aliphatic rings. The first kappa shape index (κ1) is 76.2. The van der Waals surface area contributed by atoms with Gasteiger partial charge in [-0.05, 0) is 103 Å². The van der Waals surface area contributed by atoms with Crippen LogP contribution in [0.4, 0.5) is 0 Å². The van der Waals surface area contributed by atoms with Crippen LogP contribution in [0, 0.1) is 0 Å². The van der Waals surface area contributed by atoms with Crippen molar-refractivity contribution in [2.45, 2.75) is 0 Å². The molecule has 15 heteroatoms. The summed E-state index contributed by atoms with van der Waals surface area (Å²) < 4.78 is 25.9. The van der Waals surface area contributed by atoms with E-state index in [0.717, 1.165) is 166 Å². The molecule has 0 unspecified atom stereocenters. The first-order valence-corrected chi connectivity index (χ1v) is 43.9. The fourth-order valence-electron chi connectivity index (χ4n) is 18.6. The molecule has 9 aromatic heterocycles. The Hall–Kier alpha value is -18.2. The summed E-state index contributed by atoms with van der Waals surface area (Å²) >= 11 is 0.